The Kier molecular flexibility index (Phi) is 6.26. The first kappa shape index (κ1) is 24.9. The first-order valence-electron chi connectivity index (χ1n) is 10.0. The van der Waals surface area contributed by atoms with Crippen molar-refractivity contribution in [1.82, 2.24) is 9.55 Å². The molecule has 0 aliphatic rings. The Morgan fingerprint density at radius 1 is 0.857 bits per heavy atom. The van der Waals surface area contributed by atoms with E-state index < -0.39 is 29.1 Å². The highest BCUT2D eigenvalue weighted by atomic mass is 79.9. The lowest BCUT2D eigenvalue weighted by Crippen LogP contribution is -2.53. The molecular formula is C24H15BrF6N2O2. The molecule has 4 nitrogen and oxygen atoms in total. The molecule has 0 fully saturated rings. The van der Waals surface area contributed by atoms with Crippen molar-refractivity contribution < 1.29 is 31.4 Å². The van der Waals surface area contributed by atoms with E-state index in [9.17, 15) is 36.2 Å². The lowest BCUT2D eigenvalue weighted by molar-refractivity contribution is -0.376. The van der Waals surface area contributed by atoms with Crippen LogP contribution >= 0.6 is 15.9 Å². The van der Waals surface area contributed by atoms with Gasteiger partial charge in [0.15, 0.2) is 0 Å². The quantitative estimate of drug-likeness (QED) is 0.311. The van der Waals surface area contributed by atoms with E-state index in [4.69, 9.17) is 0 Å². The van der Waals surface area contributed by atoms with E-state index in [1.807, 2.05) is 0 Å². The Bertz CT molecular complexity index is 1420. The molecule has 1 N–H and O–H groups in total. The predicted molar refractivity (Wildman–Crippen MR) is 120 cm³/mol. The standard InChI is InChI=1S/C24H15BrF6N2O2/c25-16-8-11-18-19(13-16)32-20(12-14-4-2-1-3-5-14)33(21(18)34)17-9-6-15(7-10-17)22(35,23(26,27)28)24(29,30)31/h1-11,13,35H,12H2. The normalized spacial score (nSPS) is 12.8. The van der Waals surface area contributed by atoms with Crippen molar-refractivity contribution in [2.24, 2.45) is 0 Å². The summed E-state index contributed by atoms with van der Waals surface area (Å²) in [6.07, 6.45) is -11.9. The number of alkyl halides is 6. The molecular weight excluding hydrogens is 542 g/mol. The van der Waals surface area contributed by atoms with E-state index in [1.165, 1.54) is 6.07 Å². The highest BCUT2D eigenvalue weighted by Crippen LogP contribution is 2.50. The van der Waals surface area contributed by atoms with Crippen LogP contribution in [0.5, 0.6) is 0 Å². The molecule has 4 aromatic rings. The van der Waals surface area contributed by atoms with Gasteiger partial charge in [-0.1, -0.05) is 58.4 Å². The second kappa shape index (κ2) is 8.80. The number of hydrogen-bond acceptors (Lipinski definition) is 3. The minimum absolute atomic E-state index is 0.00583. The second-order valence-electron chi connectivity index (χ2n) is 7.75. The average Bonchev–Trinajstić information content (AvgIpc) is 2.78. The van der Waals surface area contributed by atoms with Crippen LogP contribution in [0.1, 0.15) is 17.0 Å². The summed E-state index contributed by atoms with van der Waals surface area (Å²) in [5, 5.41) is 9.86. The van der Waals surface area contributed by atoms with Crippen molar-refractivity contribution in [3.8, 4) is 5.69 Å². The Morgan fingerprint density at radius 2 is 1.46 bits per heavy atom. The fourth-order valence-corrected chi connectivity index (χ4v) is 4.06. The van der Waals surface area contributed by atoms with Gasteiger partial charge >= 0.3 is 12.4 Å². The number of nitrogens with zero attached hydrogens (tertiary/aromatic N) is 2. The third-order valence-corrected chi connectivity index (χ3v) is 5.96. The number of aliphatic hydroxyl groups is 1. The van der Waals surface area contributed by atoms with Gasteiger partial charge in [-0.3, -0.25) is 9.36 Å². The molecule has 1 aromatic heterocycles. The van der Waals surface area contributed by atoms with Gasteiger partial charge in [-0.25, -0.2) is 4.98 Å². The molecule has 0 saturated carbocycles. The molecule has 0 bridgehead atoms. The summed E-state index contributed by atoms with van der Waals surface area (Å²) < 4.78 is 81.3. The predicted octanol–water partition coefficient (Wildman–Crippen LogP) is 6.05. The number of benzene rings is 3. The first-order chi connectivity index (χ1) is 16.3. The molecule has 4 rings (SSSR count). The van der Waals surface area contributed by atoms with Crippen LogP contribution in [0.3, 0.4) is 0 Å². The van der Waals surface area contributed by atoms with Gasteiger partial charge in [0, 0.05) is 16.5 Å². The fourth-order valence-electron chi connectivity index (χ4n) is 3.71. The van der Waals surface area contributed by atoms with Gasteiger partial charge in [-0.05, 0) is 35.9 Å². The van der Waals surface area contributed by atoms with E-state index in [-0.39, 0.29) is 23.3 Å². The Balaban J connectivity index is 1.91. The molecule has 1 heterocycles. The van der Waals surface area contributed by atoms with Crippen LogP contribution in [0.4, 0.5) is 26.3 Å². The number of fused-ring (bicyclic) bond motifs is 1. The summed E-state index contributed by atoms with van der Waals surface area (Å²) >= 11 is 3.31. The van der Waals surface area contributed by atoms with Gasteiger partial charge in [0.05, 0.1) is 16.6 Å². The van der Waals surface area contributed by atoms with Crippen LogP contribution in [-0.2, 0) is 12.0 Å². The van der Waals surface area contributed by atoms with Crippen molar-refractivity contribution in [2.75, 3.05) is 0 Å². The minimum Gasteiger partial charge on any atom is -0.369 e. The molecule has 0 aliphatic carbocycles. The smallest absolute Gasteiger partial charge is 0.369 e. The zero-order valence-corrected chi connectivity index (χ0v) is 19.1. The first-order valence-corrected chi connectivity index (χ1v) is 10.8. The van der Waals surface area contributed by atoms with Crippen LogP contribution in [0.25, 0.3) is 16.6 Å². The Labute approximate surface area is 202 Å². The lowest BCUT2D eigenvalue weighted by atomic mass is 9.92. The number of aromatic nitrogens is 2. The highest BCUT2D eigenvalue weighted by molar-refractivity contribution is 9.10. The topological polar surface area (TPSA) is 55.1 Å². The van der Waals surface area contributed by atoms with Gasteiger partial charge in [0.1, 0.15) is 5.82 Å². The summed E-state index contributed by atoms with van der Waals surface area (Å²) in [6.45, 7) is 0. The van der Waals surface area contributed by atoms with Crippen LogP contribution < -0.4 is 5.56 Å². The maximum atomic E-state index is 13.3. The van der Waals surface area contributed by atoms with Crippen LogP contribution in [0.15, 0.2) is 82.1 Å². The van der Waals surface area contributed by atoms with Crippen molar-refractivity contribution >= 4 is 26.8 Å². The zero-order chi connectivity index (χ0) is 25.6. The maximum absolute atomic E-state index is 13.3. The molecule has 0 saturated heterocycles. The third-order valence-electron chi connectivity index (χ3n) is 5.47. The average molecular weight is 557 g/mol. The van der Waals surface area contributed by atoms with Crippen LogP contribution in [-0.4, -0.2) is 27.0 Å². The summed E-state index contributed by atoms with van der Waals surface area (Å²) in [5.41, 5.74) is -5.90. The van der Waals surface area contributed by atoms with Crippen molar-refractivity contribution in [3.63, 3.8) is 0 Å². The summed E-state index contributed by atoms with van der Waals surface area (Å²) in [7, 11) is 0. The molecule has 0 atom stereocenters. The molecule has 35 heavy (non-hydrogen) atoms. The molecule has 3 aromatic carbocycles. The summed E-state index contributed by atoms with van der Waals surface area (Å²) in [4.78, 5) is 17.9. The van der Waals surface area contributed by atoms with Crippen LogP contribution in [0, 0.1) is 0 Å². The Hall–Kier alpha value is -3.18. The summed E-state index contributed by atoms with van der Waals surface area (Å²) in [5.74, 6) is 0.224. The van der Waals surface area contributed by atoms with Gasteiger partial charge in [-0.15, -0.1) is 0 Å². The van der Waals surface area contributed by atoms with E-state index in [2.05, 4.69) is 20.9 Å². The monoisotopic (exact) mass is 556 g/mol. The third kappa shape index (κ3) is 4.45. The molecule has 182 valence electrons. The van der Waals surface area contributed by atoms with Crippen molar-refractivity contribution in [1.29, 1.82) is 0 Å². The van der Waals surface area contributed by atoms with Gasteiger partial charge in [0.25, 0.3) is 11.2 Å². The van der Waals surface area contributed by atoms with E-state index in [1.54, 1.807) is 42.5 Å². The molecule has 0 unspecified atom stereocenters. The molecule has 0 aliphatic heterocycles. The SMILES string of the molecule is O=c1c2ccc(Br)cc2nc(Cc2ccccc2)n1-c1ccc(C(O)(C(F)(F)F)C(F)(F)F)cc1. The minimum atomic E-state index is -6.01. The molecule has 0 spiro atoms. The largest absolute Gasteiger partial charge is 0.430 e. The molecule has 0 radical (unpaired) electrons. The van der Waals surface area contributed by atoms with E-state index in [0.717, 1.165) is 22.3 Å². The van der Waals surface area contributed by atoms with Crippen molar-refractivity contribution in [3.05, 3.63) is 105 Å². The van der Waals surface area contributed by atoms with Gasteiger partial charge < -0.3 is 5.11 Å². The number of rotatable bonds is 4. The zero-order valence-electron chi connectivity index (χ0n) is 17.5. The second-order valence-corrected chi connectivity index (χ2v) is 8.66. The lowest BCUT2D eigenvalue weighted by Gasteiger charge is -2.32. The fraction of sp³-hybridized carbons (Fsp3) is 0.167. The summed E-state index contributed by atoms with van der Waals surface area (Å²) in [6, 6.07) is 16.5. The van der Waals surface area contributed by atoms with Gasteiger partial charge in [-0.2, -0.15) is 26.3 Å². The molecule has 0 amide bonds. The molecule has 11 heteroatoms. The van der Waals surface area contributed by atoms with E-state index >= 15 is 0 Å². The van der Waals surface area contributed by atoms with Crippen molar-refractivity contribution in [2.45, 2.75) is 24.4 Å². The Morgan fingerprint density at radius 3 is 2.03 bits per heavy atom. The maximum Gasteiger partial charge on any atom is 0.430 e. The highest BCUT2D eigenvalue weighted by Gasteiger charge is 2.71. The van der Waals surface area contributed by atoms with Crippen LogP contribution in [0.2, 0.25) is 0 Å². The van der Waals surface area contributed by atoms with E-state index in [0.29, 0.717) is 22.1 Å². The number of halogens is 7. The number of hydrogen-bond donors (Lipinski definition) is 1. The van der Waals surface area contributed by atoms with Gasteiger partial charge in [0.2, 0.25) is 0 Å².